The van der Waals surface area contributed by atoms with Crippen molar-refractivity contribution in [2.75, 3.05) is 0 Å². The summed E-state index contributed by atoms with van der Waals surface area (Å²) >= 11 is 1.57. The van der Waals surface area contributed by atoms with Crippen LogP contribution < -0.4 is 4.80 Å². The summed E-state index contributed by atoms with van der Waals surface area (Å²) in [7, 11) is 0. The van der Waals surface area contributed by atoms with Crippen molar-refractivity contribution in [2.45, 2.75) is 20.4 Å². The van der Waals surface area contributed by atoms with E-state index >= 15 is 0 Å². The monoisotopic (exact) mass is 261 g/mol. The predicted octanol–water partition coefficient (Wildman–Crippen LogP) is 2.52. The van der Waals surface area contributed by atoms with Crippen LogP contribution in [0.4, 0.5) is 0 Å². The Morgan fingerprint density at radius 1 is 1.44 bits per heavy atom. The molecule has 0 bridgehead atoms. The molecule has 18 heavy (non-hydrogen) atoms. The van der Waals surface area contributed by atoms with Gasteiger partial charge in [0.05, 0.1) is 6.21 Å². The number of phenols is 1. The van der Waals surface area contributed by atoms with Crippen LogP contribution in [-0.2, 0) is 6.54 Å². The standard InChI is InChI=1S/C13H15N3OS/c1-3-16-10(2)9-18-13(16)15-14-8-11-5-4-6-12(17)7-11/h4-9,17H,3H2,1-2H3/b14-8-,15-13+. The van der Waals surface area contributed by atoms with E-state index in [9.17, 15) is 5.11 Å². The average molecular weight is 261 g/mol. The van der Waals surface area contributed by atoms with Crippen LogP contribution in [-0.4, -0.2) is 15.9 Å². The van der Waals surface area contributed by atoms with Crippen molar-refractivity contribution >= 4 is 17.6 Å². The Hall–Kier alpha value is -1.88. The molecule has 0 radical (unpaired) electrons. The molecular weight excluding hydrogens is 246 g/mol. The molecule has 0 spiro atoms. The lowest BCUT2D eigenvalue weighted by Crippen LogP contribution is -2.14. The van der Waals surface area contributed by atoms with E-state index in [0.717, 1.165) is 16.9 Å². The molecule has 2 aromatic rings. The van der Waals surface area contributed by atoms with E-state index in [1.165, 1.54) is 5.69 Å². The molecule has 1 aromatic carbocycles. The molecular formula is C13H15N3OS. The van der Waals surface area contributed by atoms with Crippen molar-refractivity contribution in [1.29, 1.82) is 0 Å². The van der Waals surface area contributed by atoms with Gasteiger partial charge in [-0.05, 0) is 31.5 Å². The minimum Gasteiger partial charge on any atom is -0.508 e. The summed E-state index contributed by atoms with van der Waals surface area (Å²) in [4.78, 5) is 0.881. The molecule has 5 heteroatoms. The normalized spacial score (nSPS) is 12.4. The van der Waals surface area contributed by atoms with Gasteiger partial charge in [-0.25, -0.2) is 0 Å². The minimum atomic E-state index is 0.231. The molecule has 0 aliphatic rings. The molecule has 1 aromatic heterocycles. The second-order valence-corrected chi connectivity index (χ2v) is 4.68. The average Bonchev–Trinajstić information content (AvgIpc) is 2.70. The number of hydrogen-bond donors (Lipinski definition) is 1. The third kappa shape index (κ3) is 2.87. The van der Waals surface area contributed by atoms with Crippen LogP contribution in [0.5, 0.6) is 5.75 Å². The molecule has 94 valence electrons. The quantitative estimate of drug-likeness (QED) is 0.670. The number of aromatic hydroxyl groups is 1. The minimum absolute atomic E-state index is 0.231. The highest BCUT2D eigenvalue weighted by Crippen LogP contribution is 2.08. The SMILES string of the molecule is CCn1c(C)cs/c1=N/N=C\c1cccc(O)c1. The maximum atomic E-state index is 9.32. The van der Waals surface area contributed by atoms with Crippen molar-refractivity contribution in [3.8, 4) is 5.75 Å². The lowest BCUT2D eigenvalue weighted by molar-refractivity contribution is 0.475. The highest BCUT2D eigenvalue weighted by atomic mass is 32.1. The molecule has 2 rings (SSSR count). The first-order chi connectivity index (χ1) is 8.70. The number of hydrogen-bond acceptors (Lipinski definition) is 4. The molecule has 0 amide bonds. The Morgan fingerprint density at radius 2 is 2.28 bits per heavy atom. The topological polar surface area (TPSA) is 49.9 Å². The Bertz CT molecular complexity index is 625. The van der Waals surface area contributed by atoms with Gasteiger partial charge in [-0.15, -0.1) is 16.4 Å². The van der Waals surface area contributed by atoms with Crippen LogP contribution in [0.25, 0.3) is 0 Å². The first-order valence-electron chi connectivity index (χ1n) is 5.71. The van der Waals surface area contributed by atoms with E-state index in [1.807, 2.05) is 6.07 Å². The van der Waals surface area contributed by atoms with Crippen LogP contribution in [0, 0.1) is 6.92 Å². The largest absolute Gasteiger partial charge is 0.508 e. The fourth-order valence-electron chi connectivity index (χ4n) is 1.63. The first-order valence-corrected chi connectivity index (χ1v) is 6.59. The highest BCUT2D eigenvalue weighted by molar-refractivity contribution is 7.07. The zero-order valence-corrected chi connectivity index (χ0v) is 11.2. The van der Waals surface area contributed by atoms with E-state index in [2.05, 4.69) is 34.0 Å². The number of thiazole rings is 1. The molecule has 0 saturated carbocycles. The number of phenolic OH excluding ortho intramolecular Hbond substituents is 1. The molecule has 1 N–H and O–H groups in total. The molecule has 0 fully saturated rings. The van der Waals surface area contributed by atoms with Gasteiger partial charge in [-0.2, -0.15) is 5.10 Å². The Balaban J connectivity index is 2.25. The van der Waals surface area contributed by atoms with Crippen LogP contribution in [0.15, 0.2) is 39.8 Å². The van der Waals surface area contributed by atoms with E-state index in [4.69, 9.17) is 0 Å². The summed E-state index contributed by atoms with van der Waals surface area (Å²) in [6.07, 6.45) is 1.63. The Labute approximate surface area is 110 Å². The maximum Gasteiger partial charge on any atom is 0.210 e. The van der Waals surface area contributed by atoms with Gasteiger partial charge in [0.25, 0.3) is 0 Å². The van der Waals surface area contributed by atoms with E-state index in [1.54, 1.807) is 35.8 Å². The van der Waals surface area contributed by atoms with Gasteiger partial charge < -0.3 is 9.67 Å². The smallest absolute Gasteiger partial charge is 0.210 e. The van der Waals surface area contributed by atoms with Crippen LogP contribution in [0.1, 0.15) is 18.2 Å². The lowest BCUT2D eigenvalue weighted by Gasteiger charge is -1.98. The van der Waals surface area contributed by atoms with Gasteiger partial charge in [-0.3, -0.25) is 0 Å². The first kappa shape index (κ1) is 12.6. The zero-order valence-electron chi connectivity index (χ0n) is 10.4. The van der Waals surface area contributed by atoms with Crippen molar-refractivity contribution in [3.63, 3.8) is 0 Å². The van der Waals surface area contributed by atoms with Crippen LogP contribution >= 0.6 is 11.3 Å². The number of aryl methyl sites for hydroxylation is 1. The van der Waals surface area contributed by atoms with E-state index in [-0.39, 0.29) is 5.75 Å². The lowest BCUT2D eigenvalue weighted by atomic mass is 10.2. The second kappa shape index (κ2) is 5.64. The molecule has 4 nitrogen and oxygen atoms in total. The van der Waals surface area contributed by atoms with Gasteiger partial charge in [0, 0.05) is 17.6 Å². The number of aromatic nitrogens is 1. The third-order valence-corrected chi connectivity index (χ3v) is 3.50. The second-order valence-electron chi connectivity index (χ2n) is 3.84. The van der Waals surface area contributed by atoms with E-state index < -0.39 is 0 Å². The third-order valence-electron chi connectivity index (χ3n) is 2.53. The molecule has 0 unspecified atom stereocenters. The number of nitrogens with zero attached hydrogens (tertiary/aromatic N) is 3. The van der Waals surface area contributed by atoms with Gasteiger partial charge in [-0.1, -0.05) is 12.1 Å². The van der Waals surface area contributed by atoms with Crippen molar-refractivity contribution in [1.82, 2.24) is 4.57 Å². The Kier molecular flexibility index (Phi) is 3.94. The molecule has 0 aliphatic carbocycles. The fourth-order valence-corrected chi connectivity index (χ4v) is 2.53. The predicted molar refractivity (Wildman–Crippen MR) is 74.0 cm³/mol. The van der Waals surface area contributed by atoms with E-state index in [0.29, 0.717) is 0 Å². The summed E-state index contributed by atoms with van der Waals surface area (Å²) in [5, 5.41) is 19.6. The molecule has 0 atom stereocenters. The molecule has 0 aliphatic heterocycles. The van der Waals surface area contributed by atoms with Crippen molar-refractivity contribution in [3.05, 3.63) is 45.7 Å². The number of rotatable bonds is 3. The van der Waals surface area contributed by atoms with Gasteiger partial charge >= 0.3 is 0 Å². The maximum absolute atomic E-state index is 9.32. The Morgan fingerprint density at radius 3 is 3.00 bits per heavy atom. The van der Waals surface area contributed by atoms with Gasteiger partial charge in [0.1, 0.15) is 5.75 Å². The van der Waals surface area contributed by atoms with Crippen molar-refractivity contribution in [2.24, 2.45) is 10.2 Å². The number of benzene rings is 1. The fraction of sp³-hybridized carbons (Fsp3) is 0.231. The summed E-state index contributed by atoms with van der Waals surface area (Å²) in [5.74, 6) is 0.231. The summed E-state index contributed by atoms with van der Waals surface area (Å²) in [6, 6.07) is 6.92. The molecule has 0 saturated heterocycles. The zero-order chi connectivity index (χ0) is 13.0. The van der Waals surface area contributed by atoms with Crippen molar-refractivity contribution < 1.29 is 5.11 Å². The van der Waals surface area contributed by atoms with Crippen LogP contribution in [0.2, 0.25) is 0 Å². The molecule has 1 heterocycles. The van der Waals surface area contributed by atoms with Gasteiger partial charge in [0.15, 0.2) is 0 Å². The summed E-state index contributed by atoms with van der Waals surface area (Å²) < 4.78 is 2.10. The van der Waals surface area contributed by atoms with Gasteiger partial charge in [0.2, 0.25) is 4.80 Å². The van der Waals surface area contributed by atoms with Crippen LogP contribution in [0.3, 0.4) is 0 Å². The summed E-state index contributed by atoms with van der Waals surface area (Å²) in [6.45, 7) is 5.02. The summed E-state index contributed by atoms with van der Waals surface area (Å²) in [5.41, 5.74) is 2.02. The highest BCUT2D eigenvalue weighted by Gasteiger charge is 1.97.